The van der Waals surface area contributed by atoms with Crippen LogP contribution in [0.2, 0.25) is 0 Å². The maximum Gasteiger partial charge on any atom is 0.303 e. The number of unbranched alkanes of at least 4 members (excludes halogenated alkanes) is 1. The maximum absolute atomic E-state index is 10.9. The fourth-order valence-corrected chi connectivity index (χ4v) is 5.73. The second-order valence-corrected chi connectivity index (χ2v) is 9.52. The van der Waals surface area contributed by atoms with E-state index in [0.717, 1.165) is 38.5 Å². The van der Waals surface area contributed by atoms with Crippen LogP contribution < -0.4 is 0 Å². The van der Waals surface area contributed by atoms with Crippen molar-refractivity contribution in [2.75, 3.05) is 6.61 Å². The van der Waals surface area contributed by atoms with Gasteiger partial charge in [0.05, 0.1) is 17.8 Å². The first-order chi connectivity index (χ1) is 14.5. The molecule has 3 N–H and O–H groups in total. The van der Waals surface area contributed by atoms with Crippen LogP contribution in [0.15, 0.2) is 23.8 Å². The zero-order chi connectivity index (χ0) is 21.6. The van der Waals surface area contributed by atoms with Crippen LogP contribution in [0.3, 0.4) is 0 Å². The highest BCUT2D eigenvalue weighted by molar-refractivity contribution is 5.66. The van der Waals surface area contributed by atoms with Gasteiger partial charge in [-0.2, -0.15) is 0 Å². The number of hydrogen-bond donors (Lipinski definition) is 3. The van der Waals surface area contributed by atoms with Gasteiger partial charge in [0.25, 0.3) is 0 Å². The third-order valence-electron chi connectivity index (χ3n) is 7.57. The Labute approximate surface area is 181 Å². The molecule has 170 valence electrons. The van der Waals surface area contributed by atoms with E-state index in [0.29, 0.717) is 25.4 Å². The number of aliphatic hydroxyl groups excluding tert-OH is 2. The summed E-state index contributed by atoms with van der Waals surface area (Å²) in [6.07, 6.45) is 16.1. The molecule has 0 aromatic carbocycles. The first-order valence-corrected chi connectivity index (χ1v) is 12.1. The lowest BCUT2D eigenvalue weighted by molar-refractivity contribution is -0.158. The number of fused-ring (bicyclic) bond motifs is 1. The number of carbonyl (C=O) groups is 1. The predicted molar refractivity (Wildman–Crippen MR) is 117 cm³/mol. The normalized spacial score (nSPS) is 34.6. The summed E-state index contributed by atoms with van der Waals surface area (Å²) in [5, 5.41) is 30.4. The number of ether oxygens (including phenoxy) is 1. The van der Waals surface area contributed by atoms with Gasteiger partial charge in [-0.05, 0) is 56.4 Å². The monoisotopic (exact) mass is 420 g/mol. The predicted octanol–water partition coefficient (Wildman–Crippen LogP) is 4.62. The highest BCUT2D eigenvalue weighted by Crippen LogP contribution is 2.57. The minimum Gasteiger partial charge on any atom is -0.481 e. The average Bonchev–Trinajstić information content (AvgIpc) is 2.73. The van der Waals surface area contributed by atoms with Crippen molar-refractivity contribution < 1.29 is 24.9 Å². The number of aliphatic hydroxyl groups is 2. The fourth-order valence-electron chi connectivity index (χ4n) is 5.73. The Kier molecular flexibility index (Phi) is 8.55. The summed E-state index contributed by atoms with van der Waals surface area (Å²) >= 11 is 0. The van der Waals surface area contributed by atoms with Gasteiger partial charge in [-0.25, -0.2) is 0 Å². The van der Waals surface area contributed by atoms with E-state index in [4.69, 9.17) is 9.84 Å². The summed E-state index contributed by atoms with van der Waals surface area (Å²) in [7, 11) is 0. The number of rotatable bonds is 10. The Balaban J connectivity index is 1.71. The zero-order valence-corrected chi connectivity index (χ0v) is 18.5. The number of carboxylic acid groups (broad SMARTS) is 1. The molecule has 5 nitrogen and oxygen atoms in total. The molecule has 0 amide bonds. The van der Waals surface area contributed by atoms with Gasteiger partial charge in [0, 0.05) is 24.9 Å². The van der Waals surface area contributed by atoms with Crippen LogP contribution in [0.1, 0.15) is 84.0 Å². The smallest absolute Gasteiger partial charge is 0.303 e. The van der Waals surface area contributed by atoms with Crippen molar-refractivity contribution in [1.82, 2.24) is 0 Å². The minimum atomic E-state index is -0.778. The third kappa shape index (κ3) is 5.35. The molecule has 30 heavy (non-hydrogen) atoms. The molecule has 0 radical (unpaired) electrons. The molecule has 5 atom stereocenters. The van der Waals surface area contributed by atoms with E-state index in [9.17, 15) is 15.0 Å². The van der Waals surface area contributed by atoms with E-state index in [1.807, 2.05) is 6.08 Å². The number of hydrogen-bond acceptors (Lipinski definition) is 4. The van der Waals surface area contributed by atoms with Crippen molar-refractivity contribution in [2.24, 2.45) is 17.8 Å². The Morgan fingerprint density at radius 3 is 2.73 bits per heavy atom. The van der Waals surface area contributed by atoms with Gasteiger partial charge in [-0.1, -0.05) is 50.8 Å². The second kappa shape index (κ2) is 10.9. The van der Waals surface area contributed by atoms with Gasteiger partial charge in [-0.15, -0.1) is 0 Å². The molecule has 0 bridgehead atoms. The molecule has 3 rings (SSSR count). The van der Waals surface area contributed by atoms with Crippen LogP contribution in [0.25, 0.3) is 0 Å². The van der Waals surface area contributed by atoms with E-state index < -0.39 is 18.2 Å². The molecule has 1 unspecified atom stereocenters. The van der Waals surface area contributed by atoms with E-state index in [1.165, 1.54) is 24.8 Å². The van der Waals surface area contributed by atoms with E-state index in [1.54, 1.807) is 0 Å². The Bertz CT molecular complexity index is 621. The summed E-state index contributed by atoms with van der Waals surface area (Å²) in [4.78, 5) is 10.9. The van der Waals surface area contributed by atoms with Crippen molar-refractivity contribution in [1.29, 1.82) is 0 Å². The molecule has 0 aliphatic heterocycles. The summed E-state index contributed by atoms with van der Waals surface area (Å²) in [5.41, 5.74) is 0.848. The van der Waals surface area contributed by atoms with Crippen LogP contribution >= 0.6 is 0 Å². The van der Waals surface area contributed by atoms with Crippen LogP contribution in [0.5, 0.6) is 0 Å². The maximum atomic E-state index is 10.9. The quantitative estimate of drug-likeness (QED) is 0.355. The molecule has 3 aliphatic rings. The summed E-state index contributed by atoms with van der Waals surface area (Å²) < 4.78 is 6.46. The topological polar surface area (TPSA) is 87.0 Å². The lowest BCUT2D eigenvalue weighted by atomic mass is 9.53. The Morgan fingerprint density at radius 1 is 1.27 bits per heavy atom. The molecule has 5 heteroatoms. The van der Waals surface area contributed by atoms with Crippen molar-refractivity contribution in [2.45, 2.75) is 102 Å². The molecule has 0 aromatic rings. The summed E-state index contributed by atoms with van der Waals surface area (Å²) in [6, 6.07) is 0. The number of aliphatic carboxylic acids is 1. The number of carboxylic acids is 1. The van der Waals surface area contributed by atoms with Crippen molar-refractivity contribution in [3.8, 4) is 0 Å². The SMILES string of the molecule is CCCCO[C@@]12CC[C@H](O)[C@@H](/C=C/C(O)C3CCCCC3)[C@@H]1CC2=CCCC(=O)O. The van der Waals surface area contributed by atoms with Crippen molar-refractivity contribution >= 4 is 5.97 Å². The van der Waals surface area contributed by atoms with Gasteiger partial charge in [0.15, 0.2) is 0 Å². The molecular formula is C25H40O5. The second-order valence-electron chi connectivity index (χ2n) is 9.52. The van der Waals surface area contributed by atoms with Gasteiger partial charge in [0.1, 0.15) is 0 Å². The molecule has 0 heterocycles. The molecule has 3 aliphatic carbocycles. The van der Waals surface area contributed by atoms with Gasteiger partial charge >= 0.3 is 5.97 Å². The zero-order valence-electron chi connectivity index (χ0n) is 18.5. The first-order valence-electron chi connectivity index (χ1n) is 12.1. The molecule has 3 saturated carbocycles. The third-order valence-corrected chi connectivity index (χ3v) is 7.57. The van der Waals surface area contributed by atoms with Crippen molar-refractivity contribution in [3.63, 3.8) is 0 Å². The summed E-state index contributed by atoms with van der Waals surface area (Å²) in [5.74, 6) is -0.256. The molecule has 0 aromatic heterocycles. The summed E-state index contributed by atoms with van der Waals surface area (Å²) in [6.45, 7) is 2.84. The van der Waals surface area contributed by atoms with Crippen LogP contribution in [-0.2, 0) is 9.53 Å². The van der Waals surface area contributed by atoms with Crippen molar-refractivity contribution in [3.05, 3.63) is 23.8 Å². The average molecular weight is 421 g/mol. The van der Waals surface area contributed by atoms with Gasteiger partial charge in [0.2, 0.25) is 0 Å². The minimum absolute atomic E-state index is 0.0183. The highest BCUT2D eigenvalue weighted by atomic mass is 16.5. The van der Waals surface area contributed by atoms with Crippen LogP contribution in [-0.4, -0.2) is 45.7 Å². The first kappa shape index (κ1) is 23.5. The van der Waals surface area contributed by atoms with Crippen LogP contribution in [0.4, 0.5) is 0 Å². The van der Waals surface area contributed by atoms with Crippen LogP contribution in [0, 0.1) is 17.8 Å². The Morgan fingerprint density at radius 2 is 2.03 bits per heavy atom. The van der Waals surface area contributed by atoms with E-state index in [-0.39, 0.29) is 23.9 Å². The van der Waals surface area contributed by atoms with E-state index >= 15 is 0 Å². The highest BCUT2D eigenvalue weighted by Gasteiger charge is 2.58. The molecule has 0 spiro atoms. The lowest BCUT2D eigenvalue weighted by Crippen LogP contribution is -2.60. The largest absolute Gasteiger partial charge is 0.481 e. The van der Waals surface area contributed by atoms with Gasteiger partial charge in [-0.3, -0.25) is 4.79 Å². The molecular weight excluding hydrogens is 380 g/mol. The van der Waals surface area contributed by atoms with Gasteiger partial charge < -0.3 is 20.1 Å². The standard InChI is InChI=1S/C25H40O5/c1-2-3-16-30-25-15-14-23(27)20(12-13-22(26)18-8-5-4-6-9-18)21(25)17-19(25)10-7-11-24(28)29/h10,12-13,18,20-23,26-27H,2-9,11,14-17H2,1H3,(H,28,29)/b13-12+,19-10?/t20-,21-,22?,23-,25+/m0/s1. The lowest BCUT2D eigenvalue weighted by Gasteiger charge is -2.58. The Hall–Kier alpha value is -1.17. The number of allylic oxidation sites excluding steroid dienone is 1. The molecule has 0 saturated heterocycles. The van der Waals surface area contributed by atoms with E-state index in [2.05, 4.69) is 19.1 Å². The molecule has 3 fully saturated rings. The fraction of sp³-hybridized carbons (Fsp3) is 0.800.